The molecule has 2 aliphatic rings. The van der Waals surface area contributed by atoms with Crippen molar-refractivity contribution in [2.45, 2.75) is 45.4 Å². The van der Waals surface area contributed by atoms with Crippen LogP contribution in [0.15, 0.2) is 23.6 Å². The van der Waals surface area contributed by atoms with Crippen LogP contribution < -0.4 is 14.4 Å². The number of nitrogens with zero attached hydrogens (tertiary/aromatic N) is 4. The Bertz CT molecular complexity index is 1190. The van der Waals surface area contributed by atoms with Crippen molar-refractivity contribution in [3.63, 3.8) is 0 Å². The highest BCUT2D eigenvalue weighted by Crippen LogP contribution is 2.41. The number of fused-ring (bicyclic) bond motifs is 1. The lowest BCUT2D eigenvalue weighted by Gasteiger charge is -2.35. The number of anilines is 1. The van der Waals surface area contributed by atoms with Crippen LogP contribution >= 0.6 is 11.3 Å². The molecule has 0 radical (unpaired) electrons. The van der Waals surface area contributed by atoms with Crippen molar-refractivity contribution in [2.24, 2.45) is 5.92 Å². The lowest BCUT2D eigenvalue weighted by Crippen LogP contribution is -2.43. The monoisotopic (exact) mass is 494 g/mol. The zero-order chi connectivity index (χ0) is 24.4. The highest BCUT2D eigenvalue weighted by molar-refractivity contribution is 7.17. The van der Waals surface area contributed by atoms with Crippen molar-refractivity contribution in [1.29, 1.82) is 0 Å². The molecular weight excluding hydrogens is 460 g/mol. The van der Waals surface area contributed by atoms with Crippen LogP contribution in [-0.4, -0.2) is 61.2 Å². The molecule has 0 bridgehead atoms. The van der Waals surface area contributed by atoms with Crippen LogP contribution in [-0.2, 0) is 4.79 Å². The van der Waals surface area contributed by atoms with E-state index in [1.54, 1.807) is 25.6 Å². The molecule has 5 rings (SSSR count). The molecule has 0 unspecified atom stereocenters. The van der Waals surface area contributed by atoms with Gasteiger partial charge in [-0.1, -0.05) is 18.9 Å². The molecule has 0 atom stereocenters. The van der Waals surface area contributed by atoms with Gasteiger partial charge in [0.25, 0.3) is 0 Å². The largest absolute Gasteiger partial charge is 0.493 e. The number of carbonyl (C=O) groups is 1. The third kappa shape index (κ3) is 4.81. The normalized spacial score (nSPS) is 17.5. The number of amides is 1. The molecule has 7 nitrogen and oxygen atoms in total. The summed E-state index contributed by atoms with van der Waals surface area (Å²) in [7, 11) is 3.30. The number of ether oxygens (including phenoxy) is 2. The van der Waals surface area contributed by atoms with E-state index in [2.05, 4.69) is 21.2 Å². The lowest BCUT2D eigenvalue weighted by molar-refractivity contribution is -0.136. The van der Waals surface area contributed by atoms with E-state index in [9.17, 15) is 4.79 Å². The lowest BCUT2D eigenvalue weighted by atomic mass is 9.94. The van der Waals surface area contributed by atoms with E-state index in [0.29, 0.717) is 17.4 Å². The first-order valence-electron chi connectivity index (χ1n) is 12.6. The molecular formula is C27H34N4O3S. The molecule has 2 saturated heterocycles. The molecule has 186 valence electrons. The van der Waals surface area contributed by atoms with E-state index >= 15 is 0 Å². The Morgan fingerprint density at radius 2 is 1.69 bits per heavy atom. The number of thiophene rings is 1. The minimum absolute atomic E-state index is 0.121. The molecule has 35 heavy (non-hydrogen) atoms. The smallest absolute Gasteiger partial charge is 0.225 e. The van der Waals surface area contributed by atoms with E-state index in [1.807, 2.05) is 19.1 Å². The number of methoxy groups -OCH3 is 2. The second kappa shape index (κ2) is 10.4. The molecule has 0 spiro atoms. The maximum atomic E-state index is 13.2. The molecule has 2 aliphatic heterocycles. The molecule has 0 saturated carbocycles. The summed E-state index contributed by atoms with van der Waals surface area (Å²) in [6.07, 6.45) is 6.51. The summed E-state index contributed by atoms with van der Waals surface area (Å²) in [5.41, 5.74) is 2.15. The Morgan fingerprint density at radius 3 is 2.37 bits per heavy atom. The third-order valence-corrected chi connectivity index (χ3v) is 8.15. The third-order valence-electron chi connectivity index (χ3n) is 7.28. The Kier molecular flexibility index (Phi) is 7.09. The van der Waals surface area contributed by atoms with Gasteiger partial charge >= 0.3 is 0 Å². The van der Waals surface area contributed by atoms with Gasteiger partial charge < -0.3 is 19.3 Å². The SMILES string of the molecule is COc1ccc(-c2csc3nc(C)nc(N4CCC(C(=O)N5CCCCCC5)CC4)c23)cc1OC. The van der Waals surface area contributed by atoms with Crippen LogP contribution in [0, 0.1) is 12.8 Å². The Hall–Kier alpha value is -2.87. The number of hydrogen-bond donors (Lipinski definition) is 0. The number of piperidine rings is 1. The van der Waals surface area contributed by atoms with E-state index in [0.717, 1.165) is 84.8 Å². The number of aromatic nitrogens is 2. The molecule has 0 aliphatic carbocycles. The van der Waals surface area contributed by atoms with E-state index in [4.69, 9.17) is 19.4 Å². The molecule has 8 heteroatoms. The number of aryl methyl sites for hydroxylation is 1. The number of likely N-dealkylation sites (tertiary alicyclic amines) is 1. The van der Waals surface area contributed by atoms with Crippen LogP contribution in [0.25, 0.3) is 21.3 Å². The number of rotatable bonds is 5. The molecule has 1 aromatic carbocycles. The molecule has 1 amide bonds. The predicted molar refractivity (Wildman–Crippen MR) is 141 cm³/mol. The highest BCUT2D eigenvalue weighted by Gasteiger charge is 2.30. The maximum Gasteiger partial charge on any atom is 0.225 e. The van der Waals surface area contributed by atoms with Crippen molar-refractivity contribution < 1.29 is 14.3 Å². The second-order valence-corrected chi connectivity index (χ2v) is 10.4. The van der Waals surface area contributed by atoms with E-state index < -0.39 is 0 Å². The zero-order valence-electron chi connectivity index (χ0n) is 20.9. The summed E-state index contributed by atoms with van der Waals surface area (Å²) < 4.78 is 11.0. The minimum atomic E-state index is 0.121. The predicted octanol–water partition coefficient (Wildman–Crippen LogP) is 5.30. The van der Waals surface area contributed by atoms with Crippen molar-refractivity contribution >= 4 is 33.3 Å². The first-order valence-corrected chi connectivity index (χ1v) is 13.5. The van der Waals surface area contributed by atoms with Crippen molar-refractivity contribution in [3.05, 3.63) is 29.4 Å². The van der Waals surface area contributed by atoms with Gasteiger partial charge in [-0.05, 0) is 50.3 Å². The summed E-state index contributed by atoms with van der Waals surface area (Å²) in [6, 6.07) is 6.00. The highest BCUT2D eigenvalue weighted by atomic mass is 32.1. The molecule has 3 aromatic rings. The number of hydrogen-bond acceptors (Lipinski definition) is 7. The fraction of sp³-hybridized carbons (Fsp3) is 0.519. The quantitative estimate of drug-likeness (QED) is 0.479. The number of carbonyl (C=O) groups excluding carboxylic acids is 1. The van der Waals surface area contributed by atoms with Crippen molar-refractivity contribution in [2.75, 3.05) is 45.3 Å². The topological polar surface area (TPSA) is 67.8 Å². The van der Waals surface area contributed by atoms with Gasteiger partial charge in [0.2, 0.25) is 5.91 Å². The van der Waals surface area contributed by atoms with Crippen LogP contribution in [0.2, 0.25) is 0 Å². The van der Waals surface area contributed by atoms with Gasteiger partial charge in [0.15, 0.2) is 11.5 Å². The summed E-state index contributed by atoms with van der Waals surface area (Å²) >= 11 is 1.64. The van der Waals surface area contributed by atoms with Gasteiger partial charge in [0.1, 0.15) is 16.5 Å². The summed E-state index contributed by atoms with van der Waals surface area (Å²) in [4.78, 5) is 28.3. The fourth-order valence-corrected chi connectivity index (χ4v) is 6.35. The van der Waals surface area contributed by atoms with E-state index in [-0.39, 0.29) is 5.92 Å². The average molecular weight is 495 g/mol. The minimum Gasteiger partial charge on any atom is -0.493 e. The summed E-state index contributed by atoms with van der Waals surface area (Å²) in [6.45, 7) is 5.46. The van der Waals surface area contributed by atoms with Crippen molar-refractivity contribution in [3.8, 4) is 22.6 Å². The molecule has 0 N–H and O–H groups in total. The average Bonchev–Trinajstić information content (AvgIpc) is 3.12. The molecule has 2 fully saturated rings. The van der Waals surface area contributed by atoms with Gasteiger partial charge in [-0.3, -0.25) is 4.79 Å². The zero-order valence-corrected chi connectivity index (χ0v) is 21.7. The summed E-state index contributed by atoms with van der Waals surface area (Å²) in [5, 5.41) is 3.23. The van der Waals surface area contributed by atoms with Gasteiger partial charge in [-0.2, -0.15) is 0 Å². The van der Waals surface area contributed by atoms with Crippen molar-refractivity contribution in [1.82, 2.24) is 14.9 Å². The second-order valence-electron chi connectivity index (χ2n) is 9.49. The number of benzene rings is 1. The standard InChI is InChI=1S/C27H34N4O3S/c1-18-28-25(30-14-10-19(11-15-30)27(32)31-12-6-4-5-7-13-31)24-21(17-35-26(24)29-18)20-8-9-22(33-2)23(16-20)34-3/h8-9,16-17,19H,4-7,10-15H2,1-3H3. The van der Waals surface area contributed by atoms with Gasteiger partial charge in [0.05, 0.1) is 19.6 Å². The van der Waals surface area contributed by atoms with Gasteiger partial charge in [-0.25, -0.2) is 9.97 Å². The maximum absolute atomic E-state index is 13.2. The van der Waals surface area contributed by atoms with Crippen LogP contribution in [0.5, 0.6) is 11.5 Å². The van der Waals surface area contributed by atoms with Gasteiger partial charge in [0, 0.05) is 43.0 Å². The summed E-state index contributed by atoms with van der Waals surface area (Å²) in [5.74, 6) is 3.63. The first kappa shape index (κ1) is 23.9. The Morgan fingerprint density at radius 1 is 0.971 bits per heavy atom. The Labute approximate surface area is 211 Å². The molecule has 4 heterocycles. The first-order chi connectivity index (χ1) is 17.1. The fourth-order valence-electron chi connectivity index (χ4n) is 5.36. The van der Waals surface area contributed by atoms with Crippen LogP contribution in [0.1, 0.15) is 44.3 Å². The van der Waals surface area contributed by atoms with Crippen LogP contribution in [0.3, 0.4) is 0 Å². The van der Waals surface area contributed by atoms with Gasteiger partial charge in [-0.15, -0.1) is 11.3 Å². The van der Waals surface area contributed by atoms with Crippen LogP contribution in [0.4, 0.5) is 5.82 Å². The molecule has 2 aromatic heterocycles. The Balaban J connectivity index is 1.41. The van der Waals surface area contributed by atoms with E-state index in [1.165, 1.54) is 12.8 Å².